The van der Waals surface area contributed by atoms with Crippen molar-refractivity contribution >= 4 is 16.7 Å². The maximum Gasteiger partial charge on any atom is 0.167 e. The fourth-order valence-electron chi connectivity index (χ4n) is 1.23. The lowest BCUT2D eigenvalue weighted by Crippen LogP contribution is -1.95. The molecule has 2 aromatic rings. The third kappa shape index (κ3) is 1.22. The lowest BCUT2D eigenvalue weighted by molar-refractivity contribution is 0.387. The van der Waals surface area contributed by atoms with Crippen molar-refractivity contribution in [1.29, 1.82) is 0 Å². The van der Waals surface area contributed by atoms with Crippen LogP contribution in [0.1, 0.15) is 0 Å². The number of fused-ring (bicyclic) bond motifs is 1. The molecule has 0 aliphatic heterocycles. The molecule has 1 aromatic heterocycles. The molecule has 0 fully saturated rings. The molecule has 14 heavy (non-hydrogen) atoms. The number of methoxy groups -OCH3 is 1. The van der Waals surface area contributed by atoms with Crippen LogP contribution in [0.2, 0.25) is 0 Å². The Bertz CT molecular complexity index is 487. The Morgan fingerprint density at radius 1 is 1.36 bits per heavy atom. The Kier molecular flexibility index (Phi) is 1.92. The number of halogens is 1. The van der Waals surface area contributed by atoms with Crippen molar-refractivity contribution in [3.63, 3.8) is 0 Å². The van der Waals surface area contributed by atoms with E-state index in [0.29, 0.717) is 16.7 Å². The number of hydrogen-bond donors (Lipinski definition) is 1. The van der Waals surface area contributed by atoms with Crippen LogP contribution in [0.25, 0.3) is 10.9 Å². The lowest BCUT2D eigenvalue weighted by atomic mass is 10.2. The van der Waals surface area contributed by atoms with E-state index < -0.39 is 5.82 Å². The summed E-state index contributed by atoms with van der Waals surface area (Å²) in [6.07, 6.45) is 1.30. The zero-order valence-electron chi connectivity index (χ0n) is 7.49. The molecule has 0 bridgehead atoms. The van der Waals surface area contributed by atoms with Gasteiger partial charge >= 0.3 is 0 Å². The van der Waals surface area contributed by atoms with E-state index in [1.165, 1.54) is 25.6 Å². The monoisotopic (exact) mass is 193 g/mol. The highest BCUT2D eigenvalue weighted by atomic mass is 19.1. The average molecular weight is 193 g/mol. The second-order valence-corrected chi connectivity index (χ2v) is 2.76. The molecule has 5 heteroatoms. The Balaban J connectivity index is 2.80. The largest absolute Gasteiger partial charge is 0.494 e. The minimum absolute atomic E-state index is 0.138. The average Bonchev–Trinajstić information content (AvgIpc) is 2.17. The van der Waals surface area contributed by atoms with Gasteiger partial charge in [0.25, 0.3) is 0 Å². The topological polar surface area (TPSA) is 61.0 Å². The summed E-state index contributed by atoms with van der Waals surface area (Å²) in [7, 11) is 1.39. The molecule has 0 saturated heterocycles. The van der Waals surface area contributed by atoms with Crippen molar-refractivity contribution in [2.24, 2.45) is 0 Å². The van der Waals surface area contributed by atoms with Crippen LogP contribution in [0.5, 0.6) is 5.75 Å². The summed E-state index contributed by atoms with van der Waals surface area (Å²) in [5.41, 5.74) is 6.07. The van der Waals surface area contributed by atoms with Crippen LogP contribution >= 0.6 is 0 Å². The highest BCUT2D eigenvalue weighted by Crippen LogP contribution is 2.25. The number of ether oxygens (including phenoxy) is 1. The van der Waals surface area contributed by atoms with E-state index in [-0.39, 0.29) is 5.75 Å². The summed E-state index contributed by atoms with van der Waals surface area (Å²) in [4.78, 5) is 7.69. The number of rotatable bonds is 1. The molecular weight excluding hydrogens is 185 g/mol. The quantitative estimate of drug-likeness (QED) is 0.742. The molecule has 0 aliphatic carbocycles. The summed E-state index contributed by atoms with van der Waals surface area (Å²) in [6.45, 7) is 0. The standard InChI is InChI=1S/C9H8FN3O/c1-14-8-2-5-7(3-6(8)10)12-4-13-9(5)11/h2-4H,1H3,(H2,11,12,13). The first-order chi connectivity index (χ1) is 6.72. The van der Waals surface area contributed by atoms with Gasteiger partial charge in [-0.15, -0.1) is 0 Å². The first kappa shape index (κ1) is 8.68. The number of anilines is 1. The van der Waals surface area contributed by atoms with Crippen LogP contribution in [-0.4, -0.2) is 17.1 Å². The fraction of sp³-hybridized carbons (Fsp3) is 0.111. The van der Waals surface area contributed by atoms with E-state index in [4.69, 9.17) is 10.5 Å². The van der Waals surface area contributed by atoms with Gasteiger partial charge in [0.2, 0.25) is 0 Å². The lowest BCUT2D eigenvalue weighted by Gasteiger charge is -2.04. The number of nitrogens with zero attached hydrogens (tertiary/aromatic N) is 2. The number of hydrogen-bond acceptors (Lipinski definition) is 4. The molecule has 0 spiro atoms. The summed E-state index contributed by atoms with van der Waals surface area (Å²) in [5, 5.41) is 0.589. The van der Waals surface area contributed by atoms with Crippen molar-refractivity contribution in [1.82, 2.24) is 9.97 Å². The molecule has 4 nitrogen and oxygen atoms in total. The Hall–Kier alpha value is -1.91. The molecule has 0 unspecified atom stereocenters. The normalized spacial score (nSPS) is 10.4. The van der Waals surface area contributed by atoms with Gasteiger partial charge < -0.3 is 10.5 Å². The highest BCUT2D eigenvalue weighted by molar-refractivity contribution is 5.88. The summed E-state index contributed by atoms with van der Waals surface area (Å²) < 4.78 is 18.0. The van der Waals surface area contributed by atoms with Crippen molar-refractivity contribution in [3.8, 4) is 5.75 Å². The third-order valence-electron chi connectivity index (χ3n) is 1.94. The number of nitrogen functional groups attached to an aromatic ring is 1. The second-order valence-electron chi connectivity index (χ2n) is 2.76. The molecule has 2 rings (SSSR count). The van der Waals surface area contributed by atoms with E-state index in [0.717, 1.165) is 0 Å². The van der Waals surface area contributed by atoms with E-state index in [9.17, 15) is 4.39 Å². The number of nitrogens with two attached hydrogens (primary N) is 1. The highest BCUT2D eigenvalue weighted by Gasteiger charge is 2.07. The molecular formula is C9H8FN3O. The van der Waals surface area contributed by atoms with Crippen molar-refractivity contribution in [2.45, 2.75) is 0 Å². The van der Waals surface area contributed by atoms with Gasteiger partial charge in [-0.05, 0) is 6.07 Å². The minimum atomic E-state index is -0.460. The van der Waals surface area contributed by atoms with Gasteiger partial charge in [0, 0.05) is 11.5 Å². The predicted molar refractivity (Wildman–Crippen MR) is 50.5 cm³/mol. The fourth-order valence-corrected chi connectivity index (χ4v) is 1.23. The molecule has 72 valence electrons. The van der Waals surface area contributed by atoms with E-state index in [2.05, 4.69) is 9.97 Å². The summed E-state index contributed by atoms with van der Waals surface area (Å²) >= 11 is 0. The van der Waals surface area contributed by atoms with Gasteiger partial charge in [-0.3, -0.25) is 0 Å². The molecule has 1 heterocycles. The van der Waals surface area contributed by atoms with Crippen LogP contribution in [0.4, 0.5) is 10.2 Å². The van der Waals surface area contributed by atoms with Crippen molar-refractivity contribution < 1.29 is 9.13 Å². The van der Waals surface area contributed by atoms with Gasteiger partial charge in [0.15, 0.2) is 11.6 Å². The zero-order valence-corrected chi connectivity index (χ0v) is 7.49. The number of aromatic nitrogens is 2. The first-order valence-corrected chi connectivity index (χ1v) is 3.96. The Morgan fingerprint density at radius 3 is 2.86 bits per heavy atom. The van der Waals surface area contributed by atoms with Crippen LogP contribution < -0.4 is 10.5 Å². The molecule has 0 amide bonds. The van der Waals surface area contributed by atoms with Gasteiger partial charge in [-0.25, -0.2) is 14.4 Å². The zero-order chi connectivity index (χ0) is 10.1. The molecule has 2 N–H and O–H groups in total. The Labute approximate surface area is 79.5 Å². The smallest absolute Gasteiger partial charge is 0.167 e. The molecule has 0 aliphatic rings. The maximum absolute atomic E-state index is 13.2. The van der Waals surface area contributed by atoms with Crippen LogP contribution in [0, 0.1) is 5.82 Å². The summed E-state index contributed by atoms with van der Waals surface area (Å²) in [6, 6.07) is 2.76. The van der Waals surface area contributed by atoms with Gasteiger partial charge in [0.1, 0.15) is 12.1 Å². The van der Waals surface area contributed by atoms with E-state index in [1.807, 2.05) is 0 Å². The SMILES string of the molecule is COc1cc2c(N)ncnc2cc1F. The molecule has 1 aromatic carbocycles. The van der Waals surface area contributed by atoms with Gasteiger partial charge in [-0.1, -0.05) is 0 Å². The van der Waals surface area contributed by atoms with Crippen molar-refractivity contribution in [3.05, 3.63) is 24.3 Å². The second kappa shape index (κ2) is 3.10. The van der Waals surface area contributed by atoms with E-state index >= 15 is 0 Å². The van der Waals surface area contributed by atoms with Crippen molar-refractivity contribution in [2.75, 3.05) is 12.8 Å². The molecule has 0 radical (unpaired) electrons. The summed E-state index contributed by atoms with van der Waals surface area (Å²) in [5.74, 6) is -0.00889. The van der Waals surface area contributed by atoms with Crippen LogP contribution in [-0.2, 0) is 0 Å². The van der Waals surface area contributed by atoms with Crippen LogP contribution in [0.15, 0.2) is 18.5 Å². The minimum Gasteiger partial charge on any atom is -0.494 e. The van der Waals surface area contributed by atoms with Gasteiger partial charge in [-0.2, -0.15) is 0 Å². The van der Waals surface area contributed by atoms with Gasteiger partial charge in [0.05, 0.1) is 12.6 Å². The predicted octanol–water partition coefficient (Wildman–Crippen LogP) is 1.36. The molecule has 0 saturated carbocycles. The van der Waals surface area contributed by atoms with Crippen LogP contribution in [0.3, 0.4) is 0 Å². The molecule has 0 atom stereocenters. The Morgan fingerprint density at radius 2 is 2.14 bits per heavy atom. The maximum atomic E-state index is 13.2. The third-order valence-corrected chi connectivity index (χ3v) is 1.94. The first-order valence-electron chi connectivity index (χ1n) is 3.96. The number of benzene rings is 1. The van der Waals surface area contributed by atoms with E-state index in [1.54, 1.807) is 0 Å².